The summed E-state index contributed by atoms with van der Waals surface area (Å²) in [7, 11) is 0. The zero-order valence-corrected chi connectivity index (χ0v) is 12.0. The number of aliphatic imine (C=N–C) groups is 1. The molecule has 0 spiro atoms. The molecule has 0 aliphatic heterocycles. The van der Waals surface area contributed by atoms with Crippen molar-refractivity contribution in [1.29, 1.82) is 0 Å². The second-order valence-corrected chi connectivity index (χ2v) is 4.53. The van der Waals surface area contributed by atoms with Gasteiger partial charge in [0, 0.05) is 18.0 Å². The molecule has 4 heteroatoms. The molecular formula is C14H16Cl2N2. The van der Waals surface area contributed by atoms with Crippen LogP contribution in [0.1, 0.15) is 20.3 Å². The van der Waals surface area contributed by atoms with Gasteiger partial charge in [-0.2, -0.15) is 0 Å². The first-order chi connectivity index (χ1) is 8.60. The minimum Gasteiger partial charge on any atom is -0.404 e. The molecule has 0 aliphatic carbocycles. The fraction of sp³-hybridized carbons (Fsp3) is 0.214. The number of rotatable bonds is 4. The van der Waals surface area contributed by atoms with Gasteiger partial charge in [0.2, 0.25) is 0 Å². The van der Waals surface area contributed by atoms with Gasteiger partial charge in [0.15, 0.2) is 0 Å². The standard InChI is InChI=1S/C14H16Cl2N2/c1-3-5-10(2)11(8-17)9-18-13-7-4-6-12(15)14(13)16/h4-9H,3,17H2,1-2H3/b10-5-,11-8?,18-9?. The number of nitrogens with two attached hydrogens (primary N) is 1. The van der Waals surface area contributed by atoms with Crippen LogP contribution in [0.3, 0.4) is 0 Å². The Morgan fingerprint density at radius 3 is 2.72 bits per heavy atom. The fourth-order valence-corrected chi connectivity index (χ4v) is 1.78. The van der Waals surface area contributed by atoms with E-state index in [2.05, 4.69) is 18.0 Å². The van der Waals surface area contributed by atoms with E-state index in [-0.39, 0.29) is 0 Å². The lowest BCUT2D eigenvalue weighted by Crippen LogP contribution is -1.93. The van der Waals surface area contributed by atoms with Gasteiger partial charge in [0.1, 0.15) is 0 Å². The van der Waals surface area contributed by atoms with Crippen molar-refractivity contribution >= 4 is 35.1 Å². The molecule has 18 heavy (non-hydrogen) atoms. The van der Waals surface area contributed by atoms with Crippen molar-refractivity contribution < 1.29 is 0 Å². The van der Waals surface area contributed by atoms with Crippen LogP contribution in [0.5, 0.6) is 0 Å². The van der Waals surface area contributed by atoms with Crippen LogP contribution in [0, 0.1) is 0 Å². The number of nitrogens with zero attached hydrogens (tertiary/aromatic N) is 1. The Bertz CT molecular complexity index is 503. The van der Waals surface area contributed by atoms with Crippen LogP contribution < -0.4 is 5.73 Å². The normalized spacial score (nSPS) is 13.3. The van der Waals surface area contributed by atoms with Crippen molar-refractivity contribution in [2.24, 2.45) is 10.7 Å². The van der Waals surface area contributed by atoms with E-state index in [9.17, 15) is 0 Å². The molecule has 2 nitrogen and oxygen atoms in total. The molecule has 0 amide bonds. The van der Waals surface area contributed by atoms with Crippen LogP contribution in [-0.4, -0.2) is 6.21 Å². The van der Waals surface area contributed by atoms with E-state index in [4.69, 9.17) is 28.9 Å². The maximum Gasteiger partial charge on any atom is 0.0848 e. The third-order valence-electron chi connectivity index (χ3n) is 2.42. The lowest BCUT2D eigenvalue weighted by Gasteiger charge is -2.02. The molecule has 0 atom stereocenters. The Kier molecular flexibility index (Phi) is 5.96. The first-order valence-corrected chi connectivity index (χ1v) is 6.42. The summed E-state index contributed by atoms with van der Waals surface area (Å²) in [4.78, 5) is 4.31. The van der Waals surface area contributed by atoms with Gasteiger partial charge in [-0.3, -0.25) is 4.99 Å². The molecule has 0 radical (unpaired) electrons. The summed E-state index contributed by atoms with van der Waals surface area (Å²) in [6.45, 7) is 4.07. The highest BCUT2D eigenvalue weighted by Gasteiger charge is 2.02. The third-order valence-corrected chi connectivity index (χ3v) is 3.23. The van der Waals surface area contributed by atoms with Crippen molar-refractivity contribution in [3.8, 4) is 0 Å². The zero-order chi connectivity index (χ0) is 13.5. The van der Waals surface area contributed by atoms with E-state index in [0.717, 1.165) is 17.6 Å². The number of allylic oxidation sites excluding steroid dienone is 3. The molecular weight excluding hydrogens is 267 g/mol. The summed E-state index contributed by atoms with van der Waals surface area (Å²) in [5.41, 5.74) is 8.17. The maximum absolute atomic E-state index is 6.05. The molecule has 0 unspecified atom stereocenters. The monoisotopic (exact) mass is 282 g/mol. The number of hydrogen-bond donors (Lipinski definition) is 1. The average molecular weight is 283 g/mol. The van der Waals surface area contributed by atoms with Gasteiger partial charge >= 0.3 is 0 Å². The largest absolute Gasteiger partial charge is 0.404 e. The van der Waals surface area contributed by atoms with E-state index >= 15 is 0 Å². The third kappa shape index (κ3) is 3.90. The SMILES string of the molecule is CC/C=C(/C)C(C=Nc1cccc(Cl)c1Cl)=CN. The van der Waals surface area contributed by atoms with Crippen molar-refractivity contribution in [2.45, 2.75) is 20.3 Å². The van der Waals surface area contributed by atoms with Crippen molar-refractivity contribution in [3.63, 3.8) is 0 Å². The highest BCUT2D eigenvalue weighted by molar-refractivity contribution is 6.43. The lowest BCUT2D eigenvalue weighted by molar-refractivity contribution is 1.19. The van der Waals surface area contributed by atoms with Gasteiger partial charge < -0.3 is 5.73 Å². The molecule has 2 N–H and O–H groups in total. The smallest absolute Gasteiger partial charge is 0.0848 e. The lowest BCUT2D eigenvalue weighted by atomic mass is 10.1. The van der Waals surface area contributed by atoms with Gasteiger partial charge in [-0.25, -0.2) is 0 Å². The van der Waals surface area contributed by atoms with Gasteiger partial charge in [-0.05, 0) is 31.1 Å². The van der Waals surface area contributed by atoms with Crippen LogP contribution in [0.2, 0.25) is 10.0 Å². The predicted molar refractivity (Wildman–Crippen MR) is 80.9 cm³/mol. The van der Waals surface area contributed by atoms with Crippen LogP contribution in [-0.2, 0) is 0 Å². The van der Waals surface area contributed by atoms with E-state index in [1.54, 1.807) is 18.3 Å². The van der Waals surface area contributed by atoms with Gasteiger partial charge in [0.05, 0.1) is 15.7 Å². The number of halogens is 2. The van der Waals surface area contributed by atoms with Gasteiger partial charge in [0.25, 0.3) is 0 Å². The molecule has 0 heterocycles. The summed E-state index contributed by atoms with van der Waals surface area (Å²) < 4.78 is 0. The zero-order valence-electron chi connectivity index (χ0n) is 10.5. The molecule has 0 saturated heterocycles. The quantitative estimate of drug-likeness (QED) is 0.619. The highest BCUT2D eigenvalue weighted by atomic mass is 35.5. The number of benzene rings is 1. The van der Waals surface area contributed by atoms with Crippen LogP contribution >= 0.6 is 23.2 Å². The first kappa shape index (κ1) is 14.8. The van der Waals surface area contributed by atoms with Crippen molar-refractivity contribution in [2.75, 3.05) is 0 Å². The topological polar surface area (TPSA) is 38.4 Å². The predicted octanol–water partition coefficient (Wildman–Crippen LogP) is 4.89. The molecule has 0 aliphatic rings. The van der Waals surface area contributed by atoms with E-state index in [0.29, 0.717) is 15.7 Å². The van der Waals surface area contributed by atoms with Gasteiger partial charge in [-0.1, -0.05) is 42.3 Å². The summed E-state index contributed by atoms with van der Waals surface area (Å²) in [6.07, 6.45) is 6.27. The van der Waals surface area contributed by atoms with Crippen LogP contribution in [0.25, 0.3) is 0 Å². The highest BCUT2D eigenvalue weighted by Crippen LogP contribution is 2.31. The second kappa shape index (κ2) is 7.24. The molecule has 0 saturated carbocycles. The summed E-state index contributed by atoms with van der Waals surface area (Å²) >= 11 is 12.0. The van der Waals surface area contributed by atoms with Crippen LogP contribution in [0.15, 0.2) is 46.6 Å². The molecule has 0 aromatic heterocycles. The molecule has 1 rings (SSSR count). The van der Waals surface area contributed by atoms with Crippen LogP contribution in [0.4, 0.5) is 5.69 Å². The molecule has 0 bridgehead atoms. The van der Waals surface area contributed by atoms with E-state index < -0.39 is 0 Å². The van der Waals surface area contributed by atoms with E-state index in [1.807, 2.05) is 13.0 Å². The van der Waals surface area contributed by atoms with Gasteiger partial charge in [-0.15, -0.1) is 0 Å². The maximum atomic E-state index is 6.05. The minimum atomic E-state index is 0.448. The summed E-state index contributed by atoms with van der Waals surface area (Å²) in [6, 6.07) is 5.34. The fourth-order valence-electron chi connectivity index (χ4n) is 1.43. The molecule has 96 valence electrons. The number of hydrogen-bond acceptors (Lipinski definition) is 2. The molecule has 1 aromatic carbocycles. The minimum absolute atomic E-state index is 0.448. The molecule has 1 aromatic rings. The van der Waals surface area contributed by atoms with E-state index in [1.165, 1.54) is 6.20 Å². The summed E-state index contributed by atoms with van der Waals surface area (Å²) in [5, 5.41) is 0.939. The Hall–Kier alpha value is -1.25. The Labute approximate surface area is 118 Å². The van der Waals surface area contributed by atoms with Crippen molar-refractivity contribution in [3.05, 3.63) is 51.7 Å². The molecule has 0 fully saturated rings. The second-order valence-electron chi connectivity index (χ2n) is 3.75. The van der Waals surface area contributed by atoms with Crippen molar-refractivity contribution in [1.82, 2.24) is 0 Å². The Morgan fingerprint density at radius 1 is 1.39 bits per heavy atom. The average Bonchev–Trinajstić information content (AvgIpc) is 2.35. The Balaban J connectivity index is 2.99. The summed E-state index contributed by atoms with van der Waals surface area (Å²) in [5.74, 6) is 0. The Morgan fingerprint density at radius 2 is 2.11 bits per heavy atom. The first-order valence-electron chi connectivity index (χ1n) is 5.67.